The van der Waals surface area contributed by atoms with Gasteiger partial charge in [-0.05, 0) is 19.9 Å². The highest BCUT2D eigenvalue weighted by Gasteiger charge is 2.37. The molecule has 2 aliphatic heterocycles. The van der Waals surface area contributed by atoms with Crippen molar-refractivity contribution in [3.63, 3.8) is 0 Å². The highest BCUT2D eigenvalue weighted by molar-refractivity contribution is 5.83. The Hall–Kier alpha value is -1.60. The fraction of sp³-hybridized carbons (Fsp3) is 0.688. The Morgan fingerprint density at radius 2 is 2.13 bits per heavy atom. The summed E-state index contributed by atoms with van der Waals surface area (Å²) in [7, 11) is 3.81. The van der Waals surface area contributed by atoms with Gasteiger partial charge in [-0.1, -0.05) is 0 Å². The molecule has 2 aliphatic rings. The van der Waals surface area contributed by atoms with Gasteiger partial charge in [0.1, 0.15) is 12.5 Å². The lowest BCUT2D eigenvalue weighted by Gasteiger charge is -2.30. The van der Waals surface area contributed by atoms with E-state index in [2.05, 4.69) is 19.8 Å². The van der Waals surface area contributed by atoms with Crippen molar-refractivity contribution in [2.45, 2.75) is 37.6 Å². The molecule has 0 N–H and O–H groups in total. The Bertz CT molecular complexity index is 543. The summed E-state index contributed by atoms with van der Waals surface area (Å²) in [6.45, 7) is 2.60. The first kappa shape index (κ1) is 16.3. The van der Waals surface area contributed by atoms with Gasteiger partial charge in [-0.2, -0.15) is 0 Å². The van der Waals surface area contributed by atoms with Crippen molar-refractivity contribution >= 4 is 5.91 Å². The van der Waals surface area contributed by atoms with Crippen LogP contribution in [0.25, 0.3) is 0 Å². The summed E-state index contributed by atoms with van der Waals surface area (Å²) in [5.74, 6) is 0.172. The van der Waals surface area contributed by atoms with Crippen LogP contribution in [0.2, 0.25) is 0 Å². The Labute approximate surface area is 136 Å². The number of rotatable bonds is 5. The van der Waals surface area contributed by atoms with Crippen molar-refractivity contribution in [2.75, 3.05) is 33.7 Å². The van der Waals surface area contributed by atoms with Crippen LogP contribution >= 0.6 is 0 Å². The van der Waals surface area contributed by atoms with Gasteiger partial charge in [0.25, 0.3) is 0 Å². The second kappa shape index (κ2) is 6.88. The van der Waals surface area contributed by atoms with Crippen LogP contribution in [0.3, 0.4) is 0 Å². The summed E-state index contributed by atoms with van der Waals surface area (Å²) in [5.41, 5.74) is 0.992. The SMILES string of the molecule is CN1CC[C@@H](N(C)C[C@@H]2C[C@H](F)CN2Cc2cncnc2)C1=O. The zero-order chi connectivity index (χ0) is 16.4. The molecule has 3 heterocycles. The van der Waals surface area contributed by atoms with E-state index < -0.39 is 6.17 Å². The van der Waals surface area contributed by atoms with E-state index in [1.807, 2.05) is 14.1 Å². The molecule has 23 heavy (non-hydrogen) atoms. The lowest BCUT2D eigenvalue weighted by molar-refractivity contribution is -0.130. The molecule has 0 radical (unpaired) electrons. The molecule has 126 valence electrons. The van der Waals surface area contributed by atoms with E-state index in [1.54, 1.807) is 17.3 Å². The number of halogens is 1. The molecule has 0 unspecified atom stereocenters. The largest absolute Gasteiger partial charge is 0.344 e. The van der Waals surface area contributed by atoms with Crippen LogP contribution in [0.4, 0.5) is 4.39 Å². The quantitative estimate of drug-likeness (QED) is 0.793. The van der Waals surface area contributed by atoms with E-state index in [0.717, 1.165) is 18.5 Å². The first-order chi connectivity index (χ1) is 11.0. The number of hydrogen-bond donors (Lipinski definition) is 0. The monoisotopic (exact) mass is 321 g/mol. The maximum absolute atomic E-state index is 13.9. The number of amides is 1. The summed E-state index contributed by atoms with van der Waals surface area (Å²) < 4.78 is 13.9. The van der Waals surface area contributed by atoms with E-state index >= 15 is 0 Å². The Morgan fingerprint density at radius 1 is 1.39 bits per heavy atom. The predicted octanol–water partition coefficient (Wildman–Crippen LogP) is 0.551. The van der Waals surface area contributed by atoms with Crippen LogP contribution in [0.1, 0.15) is 18.4 Å². The van der Waals surface area contributed by atoms with Crippen molar-refractivity contribution in [2.24, 2.45) is 0 Å². The van der Waals surface area contributed by atoms with Gasteiger partial charge >= 0.3 is 0 Å². The van der Waals surface area contributed by atoms with E-state index in [1.165, 1.54) is 6.33 Å². The molecular formula is C16H24FN5O. The normalized spacial score (nSPS) is 29.0. The van der Waals surface area contributed by atoms with Gasteiger partial charge in [0.15, 0.2) is 0 Å². The van der Waals surface area contributed by atoms with Crippen molar-refractivity contribution in [3.05, 3.63) is 24.3 Å². The van der Waals surface area contributed by atoms with E-state index in [4.69, 9.17) is 0 Å². The van der Waals surface area contributed by atoms with Crippen LogP contribution in [0, 0.1) is 0 Å². The molecule has 3 atom stereocenters. The number of nitrogens with zero attached hydrogens (tertiary/aromatic N) is 5. The molecule has 3 rings (SSSR count). The van der Waals surface area contributed by atoms with Gasteiger partial charge in [-0.15, -0.1) is 0 Å². The standard InChI is InChI=1S/C16H24FN5O/c1-20-4-3-15(16(20)23)21(2)10-14-5-13(17)9-22(14)8-12-6-18-11-19-7-12/h6-7,11,13-15H,3-5,8-10H2,1-2H3/t13-,14-,15+/m0/s1. The second-order valence-electron chi connectivity index (χ2n) is 6.67. The van der Waals surface area contributed by atoms with Crippen LogP contribution in [0.15, 0.2) is 18.7 Å². The summed E-state index contributed by atoms with van der Waals surface area (Å²) in [4.78, 5) is 26.2. The molecule has 0 saturated carbocycles. The van der Waals surface area contributed by atoms with Crippen molar-refractivity contribution in [1.82, 2.24) is 24.7 Å². The zero-order valence-electron chi connectivity index (χ0n) is 13.7. The molecule has 1 amide bonds. The summed E-state index contributed by atoms with van der Waals surface area (Å²) in [5, 5.41) is 0. The molecule has 2 saturated heterocycles. The molecule has 0 spiro atoms. The maximum Gasteiger partial charge on any atom is 0.239 e. The van der Waals surface area contributed by atoms with Gasteiger partial charge in [0.2, 0.25) is 5.91 Å². The van der Waals surface area contributed by atoms with Crippen molar-refractivity contribution < 1.29 is 9.18 Å². The van der Waals surface area contributed by atoms with Gasteiger partial charge in [0.05, 0.1) is 6.04 Å². The smallest absolute Gasteiger partial charge is 0.239 e. The fourth-order valence-corrected chi connectivity index (χ4v) is 3.62. The molecule has 1 aromatic heterocycles. The Balaban J connectivity index is 1.62. The number of alkyl halides is 1. The fourth-order valence-electron chi connectivity index (χ4n) is 3.62. The van der Waals surface area contributed by atoms with E-state index in [9.17, 15) is 9.18 Å². The minimum absolute atomic E-state index is 0.0689. The number of hydrogen-bond acceptors (Lipinski definition) is 5. The number of carbonyl (C=O) groups excluding carboxylic acids is 1. The highest BCUT2D eigenvalue weighted by Crippen LogP contribution is 2.24. The third kappa shape index (κ3) is 3.67. The topological polar surface area (TPSA) is 52.6 Å². The summed E-state index contributed by atoms with van der Waals surface area (Å²) in [6.07, 6.45) is 5.61. The van der Waals surface area contributed by atoms with Crippen LogP contribution < -0.4 is 0 Å². The number of likely N-dealkylation sites (tertiary alicyclic amines) is 2. The Morgan fingerprint density at radius 3 is 2.78 bits per heavy atom. The third-order valence-corrected chi connectivity index (χ3v) is 4.91. The summed E-state index contributed by atoms with van der Waals surface area (Å²) in [6, 6.07) is 0.0504. The molecule has 0 aliphatic carbocycles. The van der Waals surface area contributed by atoms with Gasteiger partial charge in [-0.25, -0.2) is 14.4 Å². The number of aromatic nitrogens is 2. The molecule has 6 nitrogen and oxygen atoms in total. The lowest BCUT2D eigenvalue weighted by Crippen LogP contribution is -2.45. The van der Waals surface area contributed by atoms with Crippen LogP contribution in [-0.4, -0.2) is 82.6 Å². The average molecular weight is 321 g/mol. The van der Waals surface area contributed by atoms with Gasteiger partial charge < -0.3 is 4.90 Å². The molecule has 0 aromatic carbocycles. The predicted molar refractivity (Wildman–Crippen MR) is 84.4 cm³/mol. The minimum atomic E-state index is -0.806. The first-order valence-corrected chi connectivity index (χ1v) is 8.12. The van der Waals surface area contributed by atoms with Crippen molar-refractivity contribution in [1.29, 1.82) is 0 Å². The minimum Gasteiger partial charge on any atom is -0.344 e. The van der Waals surface area contributed by atoms with Crippen LogP contribution in [-0.2, 0) is 11.3 Å². The molecule has 1 aromatic rings. The van der Waals surface area contributed by atoms with E-state index in [-0.39, 0.29) is 18.0 Å². The second-order valence-corrected chi connectivity index (χ2v) is 6.67. The molecule has 2 fully saturated rings. The average Bonchev–Trinajstić information content (AvgIpc) is 3.03. The van der Waals surface area contributed by atoms with E-state index in [0.29, 0.717) is 26.1 Å². The summed E-state index contributed by atoms with van der Waals surface area (Å²) >= 11 is 0. The molecular weight excluding hydrogens is 297 g/mol. The number of carbonyl (C=O) groups is 1. The van der Waals surface area contributed by atoms with Crippen LogP contribution in [0.5, 0.6) is 0 Å². The van der Waals surface area contributed by atoms with Crippen molar-refractivity contribution in [3.8, 4) is 0 Å². The molecule has 7 heteroatoms. The lowest BCUT2D eigenvalue weighted by atomic mass is 10.1. The highest BCUT2D eigenvalue weighted by atomic mass is 19.1. The van der Waals surface area contributed by atoms with Gasteiger partial charge in [-0.3, -0.25) is 14.6 Å². The molecule has 0 bridgehead atoms. The maximum atomic E-state index is 13.9. The first-order valence-electron chi connectivity index (χ1n) is 8.12. The third-order valence-electron chi connectivity index (χ3n) is 4.91. The zero-order valence-corrected chi connectivity index (χ0v) is 13.7. The number of likely N-dealkylation sites (N-methyl/N-ethyl adjacent to an activating group) is 2. The van der Waals surface area contributed by atoms with Gasteiger partial charge in [0, 0.05) is 57.2 Å². The Kier molecular flexibility index (Phi) is 4.87.